The molecule has 5 nitrogen and oxygen atoms in total. The molecule has 36 heavy (non-hydrogen) atoms. The van der Waals surface area contributed by atoms with E-state index in [0.29, 0.717) is 0 Å². The Labute approximate surface area is 223 Å². The van der Waals surface area contributed by atoms with Crippen molar-refractivity contribution < 1.29 is 10.1 Å². The molecule has 0 spiro atoms. The molecule has 0 atom stereocenters. The summed E-state index contributed by atoms with van der Waals surface area (Å²) in [6, 6.07) is 31.7. The average molecular weight is 609 g/mol. The Bertz CT molecular complexity index is 1010. The first-order valence-electron chi connectivity index (χ1n) is 12.9. The van der Waals surface area contributed by atoms with Crippen LogP contribution in [0.15, 0.2) is 91.0 Å². The second kappa shape index (κ2) is 12.9. The standard InChI is InChI=1S/C18H15BO3Si.2C5H12N.Sn/c20-19(16-10-4-1-5-11-16)22-23(21,17-12-6-2-7-13-17)18-14-8-3-9-15-18;2*1-4-5-6(2)3;/h1-15H;2*1,4-5H2,2-3H3;/q-2;;;+2. The van der Waals surface area contributed by atoms with Crippen molar-refractivity contribution in [3.05, 3.63) is 91.0 Å². The topological polar surface area (TPSA) is 34.2 Å². The van der Waals surface area contributed by atoms with Crippen molar-refractivity contribution in [2.24, 2.45) is 0 Å². The van der Waals surface area contributed by atoms with E-state index in [4.69, 9.17) is 10.1 Å². The molecule has 0 amide bonds. The Kier molecular flexibility index (Phi) is 9.85. The van der Waals surface area contributed by atoms with Crippen LogP contribution in [-0.4, -0.2) is 86.0 Å². The van der Waals surface area contributed by atoms with Crippen molar-refractivity contribution in [3.8, 4) is 0 Å². The number of benzene rings is 3. The van der Waals surface area contributed by atoms with Gasteiger partial charge in [-0.25, -0.2) is 0 Å². The van der Waals surface area contributed by atoms with Gasteiger partial charge in [0.25, 0.3) is 0 Å². The zero-order valence-electron chi connectivity index (χ0n) is 22.1. The summed E-state index contributed by atoms with van der Waals surface area (Å²) in [5.74, 6) is 0. The quantitative estimate of drug-likeness (QED) is 0.313. The maximum atomic E-state index is 7.52. The van der Waals surface area contributed by atoms with Crippen LogP contribution in [0.3, 0.4) is 0 Å². The van der Waals surface area contributed by atoms with Crippen molar-refractivity contribution in [2.75, 3.05) is 41.3 Å². The molecule has 190 valence electrons. The molecule has 0 N–H and O–H groups in total. The fourth-order valence-electron chi connectivity index (χ4n) is 4.84. The first kappa shape index (κ1) is 27.6. The van der Waals surface area contributed by atoms with Gasteiger partial charge in [0.05, 0.1) is 0 Å². The Hall–Kier alpha value is -1.46. The fourth-order valence-corrected chi connectivity index (χ4v) is 24.6. The van der Waals surface area contributed by atoms with Gasteiger partial charge in [-0.3, -0.25) is 0 Å². The van der Waals surface area contributed by atoms with E-state index in [1.54, 1.807) is 0 Å². The molecule has 4 rings (SSSR count). The van der Waals surface area contributed by atoms with Crippen LogP contribution in [0.4, 0.5) is 0 Å². The van der Waals surface area contributed by atoms with Gasteiger partial charge in [0.15, 0.2) is 0 Å². The molecule has 1 fully saturated rings. The molecule has 0 radical (unpaired) electrons. The van der Waals surface area contributed by atoms with Crippen molar-refractivity contribution in [2.45, 2.75) is 21.7 Å². The zero-order chi connectivity index (χ0) is 25.4. The van der Waals surface area contributed by atoms with Crippen molar-refractivity contribution in [1.29, 1.82) is 0 Å². The average Bonchev–Trinajstić information content (AvgIpc) is 2.89. The number of rotatable bonds is 11. The van der Waals surface area contributed by atoms with Crippen molar-refractivity contribution >= 4 is 50.7 Å². The summed E-state index contributed by atoms with van der Waals surface area (Å²) >= 11 is -3.67. The molecule has 1 aliphatic rings. The van der Waals surface area contributed by atoms with E-state index in [9.17, 15) is 0 Å². The van der Waals surface area contributed by atoms with Gasteiger partial charge < -0.3 is 0 Å². The van der Waals surface area contributed by atoms with E-state index in [2.05, 4.69) is 123 Å². The van der Waals surface area contributed by atoms with Gasteiger partial charge in [0.2, 0.25) is 0 Å². The van der Waals surface area contributed by atoms with Gasteiger partial charge in [-0.1, -0.05) is 0 Å². The summed E-state index contributed by atoms with van der Waals surface area (Å²) in [7, 11) is 5.11. The number of nitrogens with zero attached hydrogens (tertiary/aromatic N) is 2. The summed E-state index contributed by atoms with van der Waals surface area (Å²) in [5, 5.41) is 2.31. The number of hydrogen-bond acceptors (Lipinski definition) is 5. The normalized spacial score (nSPS) is 17.0. The third-order valence-corrected chi connectivity index (χ3v) is 23.9. The molecule has 0 aromatic heterocycles. The molecule has 3 aromatic rings. The molecular formula is C28H39BN2O3SiSn. The first-order chi connectivity index (χ1) is 17.4. The number of hydrogen-bond donors (Lipinski definition) is 0. The monoisotopic (exact) mass is 610 g/mol. The van der Waals surface area contributed by atoms with Gasteiger partial charge in [0.1, 0.15) is 0 Å². The van der Waals surface area contributed by atoms with Crippen LogP contribution >= 0.6 is 0 Å². The Morgan fingerprint density at radius 1 is 0.667 bits per heavy atom. The van der Waals surface area contributed by atoms with Crippen molar-refractivity contribution in [3.63, 3.8) is 0 Å². The van der Waals surface area contributed by atoms with Gasteiger partial charge in [0, 0.05) is 0 Å². The van der Waals surface area contributed by atoms with E-state index in [1.165, 1.54) is 0 Å². The molecule has 1 aliphatic heterocycles. The van der Waals surface area contributed by atoms with E-state index < -0.39 is 34.9 Å². The third-order valence-electron chi connectivity index (χ3n) is 6.63. The van der Waals surface area contributed by atoms with Crippen LogP contribution in [0.25, 0.3) is 0 Å². The zero-order valence-corrected chi connectivity index (χ0v) is 26.0. The Morgan fingerprint density at radius 3 is 1.56 bits per heavy atom. The van der Waals surface area contributed by atoms with E-state index >= 15 is 0 Å². The predicted molar refractivity (Wildman–Crippen MR) is 155 cm³/mol. The molecule has 1 saturated heterocycles. The Balaban J connectivity index is 1.83. The SMILES string of the molecule is CN(C)CC[CH2][Sn]1([CH2]CCN(C)C)[O]B(c2ccccc2)O[Si](c2ccccc2)(c2ccccc2)[O]1. The first-order valence-corrected chi connectivity index (χ1v) is 21.1. The van der Waals surface area contributed by atoms with E-state index in [1.807, 2.05) is 6.07 Å². The molecule has 0 unspecified atom stereocenters. The van der Waals surface area contributed by atoms with Gasteiger partial charge in [-0.15, -0.1) is 0 Å². The fraction of sp³-hybridized carbons (Fsp3) is 0.357. The van der Waals surface area contributed by atoms with Crippen molar-refractivity contribution in [1.82, 2.24) is 9.80 Å². The molecule has 3 aromatic carbocycles. The summed E-state index contributed by atoms with van der Waals surface area (Å²) < 4.78 is 23.7. The summed E-state index contributed by atoms with van der Waals surface area (Å²) in [6.07, 6.45) is 2.14. The molecule has 0 bridgehead atoms. The van der Waals surface area contributed by atoms with Gasteiger partial charge >= 0.3 is 225 Å². The summed E-state index contributed by atoms with van der Waals surface area (Å²) in [4.78, 5) is 4.51. The summed E-state index contributed by atoms with van der Waals surface area (Å²) in [6.45, 7) is 2.06. The van der Waals surface area contributed by atoms with Crippen LogP contribution in [0, 0.1) is 0 Å². The van der Waals surface area contributed by atoms with Crippen LogP contribution in [-0.2, 0) is 10.1 Å². The van der Waals surface area contributed by atoms with Gasteiger partial charge in [-0.2, -0.15) is 0 Å². The molecule has 1 heterocycles. The minimum absolute atomic E-state index is 0.415. The van der Waals surface area contributed by atoms with Crippen LogP contribution < -0.4 is 15.8 Å². The summed E-state index contributed by atoms with van der Waals surface area (Å²) in [5.41, 5.74) is 1.07. The third kappa shape index (κ3) is 6.89. The second-order valence-corrected chi connectivity index (χ2v) is 23.5. The van der Waals surface area contributed by atoms with Crippen LogP contribution in [0.2, 0.25) is 8.87 Å². The molecule has 0 aliphatic carbocycles. The second-order valence-electron chi connectivity index (χ2n) is 10.2. The predicted octanol–water partition coefficient (Wildman–Crippen LogP) is 3.05. The van der Waals surface area contributed by atoms with E-state index in [0.717, 1.165) is 50.6 Å². The molecule has 0 saturated carbocycles. The molecular weight excluding hydrogens is 570 g/mol. The van der Waals surface area contributed by atoms with E-state index in [-0.39, 0.29) is 0 Å². The van der Waals surface area contributed by atoms with Gasteiger partial charge in [-0.05, 0) is 0 Å². The van der Waals surface area contributed by atoms with Crippen LogP contribution in [0.1, 0.15) is 12.8 Å². The minimum atomic E-state index is -3.67. The Morgan fingerprint density at radius 2 is 1.11 bits per heavy atom. The maximum absolute atomic E-state index is 7.52. The molecule has 8 heteroatoms. The van der Waals surface area contributed by atoms with Crippen LogP contribution in [0.5, 0.6) is 0 Å².